The monoisotopic (exact) mass is 1100 g/mol. The van der Waals surface area contributed by atoms with Crippen molar-refractivity contribution in [2.45, 2.75) is 129 Å². The highest BCUT2D eigenvalue weighted by Gasteiger charge is 2.37. The number of nitrogens with two attached hydrogens (primary N) is 3. The summed E-state index contributed by atoms with van der Waals surface area (Å²) >= 11 is 4.95. The summed E-state index contributed by atoms with van der Waals surface area (Å²) in [6.07, 6.45) is -6.08. The summed E-state index contributed by atoms with van der Waals surface area (Å²) in [5.41, 5.74) is 16.3. The van der Waals surface area contributed by atoms with E-state index in [-0.39, 0.29) is 89.6 Å². The molecule has 432 valence electrons. The minimum absolute atomic E-state index is 0.0227. The van der Waals surface area contributed by atoms with Crippen LogP contribution in [0.2, 0.25) is 0 Å². The number of carbonyl (C=O) groups excluding carboxylic acids is 8. The molecule has 4 fully saturated rings. The van der Waals surface area contributed by atoms with Crippen molar-refractivity contribution in [3.05, 3.63) is 0 Å². The van der Waals surface area contributed by atoms with Gasteiger partial charge < -0.3 is 99.5 Å². The molecule has 0 aliphatic carbocycles. The number of cyclic esters (lactones) is 8. The van der Waals surface area contributed by atoms with Crippen molar-refractivity contribution in [3.63, 3.8) is 0 Å². The molecular weight excluding hydrogens is 1020 g/mol. The minimum Gasteiger partial charge on any atom is -0.430 e. The van der Waals surface area contributed by atoms with E-state index in [2.05, 4.69) is 46.6 Å². The number of nitrogens with one attached hydrogen (secondary N) is 3. The van der Waals surface area contributed by atoms with Crippen molar-refractivity contribution in [1.82, 2.24) is 16.0 Å². The first-order chi connectivity index (χ1) is 35.4. The summed E-state index contributed by atoms with van der Waals surface area (Å²) in [7, 11) is 0. The Balaban J connectivity index is 0.000000525. The van der Waals surface area contributed by atoms with Crippen molar-refractivity contribution >= 4 is 59.2 Å². The smallest absolute Gasteiger partial charge is 0.430 e. The molecule has 0 spiro atoms. The van der Waals surface area contributed by atoms with Gasteiger partial charge in [0.15, 0.2) is 0 Å². The molecule has 0 saturated carbocycles. The summed E-state index contributed by atoms with van der Waals surface area (Å²) in [5.74, 6) is -1.51. The van der Waals surface area contributed by atoms with Gasteiger partial charge in [0.2, 0.25) is 24.4 Å². The Morgan fingerprint density at radius 3 is 0.867 bits per heavy atom. The molecule has 10 unspecified atom stereocenters. The molecule has 0 radical (unpaired) electrons. The first-order valence-corrected chi connectivity index (χ1v) is 25.0. The highest BCUT2D eigenvalue weighted by Crippen LogP contribution is 2.26. The summed E-state index contributed by atoms with van der Waals surface area (Å²) in [5, 5.41) is 7.41. The molecule has 75 heavy (non-hydrogen) atoms. The van der Waals surface area contributed by atoms with Crippen LogP contribution in [-0.4, -0.2) is 214 Å². The van der Waals surface area contributed by atoms with Crippen LogP contribution in [0, 0.1) is 10.8 Å². The molecule has 4 heterocycles. The molecule has 4 saturated heterocycles. The third-order valence-electron chi connectivity index (χ3n) is 10.9. The van der Waals surface area contributed by atoms with Gasteiger partial charge >= 0.3 is 24.6 Å². The van der Waals surface area contributed by atoms with E-state index in [1.54, 1.807) is 20.8 Å². The first kappa shape index (κ1) is 66.2. The topological polar surface area (TPSA) is 380 Å². The van der Waals surface area contributed by atoms with Crippen LogP contribution in [0.3, 0.4) is 0 Å². The standard InChI is InChI=1S/C27H41N3O15.C15H35N3O3.C4H3ClO4/c1-5-27(12-37-6-15(2)28-21(31)18-9-40-24(34)43-18,13-38-7-16(3)29-22(32)19-10-41-25(35)44-19)14-39-8-17(4)30-23(33)20-11-42-26(36)45-20;1-5-15(9-19-6-12(2)16,10-20-7-13(3)17)11-21-8-14(4)18;5-3(6)2-1-8-4(7)9-2/h15-20H,5-14H2,1-4H3,(H,28,31)(H,29,32)(H,30,33);12-14H,5-11,16-18H2,1-4H3;2H,1H2. The third kappa shape index (κ3) is 27.1. The number of ether oxygens (including phenoxy) is 14. The predicted molar refractivity (Wildman–Crippen MR) is 260 cm³/mol. The average Bonchev–Trinajstić information content (AvgIpc) is 4.18. The largest absolute Gasteiger partial charge is 0.509 e. The van der Waals surface area contributed by atoms with E-state index in [9.17, 15) is 38.4 Å². The highest BCUT2D eigenvalue weighted by atomic mass is 35.5. The Morgan fingerprint density at radius 2 is 0.693 bits per heavy atom. The zero-order valence-corrected chi connectivity index (χ0v) is 44.8. The molecule has 9 N–H and O–H groups in total. The zero-order chi connectivity index (χ0) is 56.1. The van der Waals surface area contributed by atoms with Gasteiger partial charge in [0, 0.05) is 47.1 Å². The van der Waals surface area contributed by atoms with E-state index in [1.165, 1.54) is 0 Å². The maximum atomic E-state index is 12.3. The molecular formula is C46H79ClN6O22. The summed E-state index contributed by atoms with van der Waals surface area (Å²) in [6.45, 7) is 18.6. The van der Waals surface area contributed by atoms with Crippen molar-refractivity contribution in [2.24, 2.45) is 28.0 Å². The van der Waals surface area contributed by atoms with Gasteiger partial charge in [0.25, 0.3) is 23.0 Å². The molecule has 0 aromatic rings. The van der Waals surface area contributed by atoms with Crippen LogP contribution >= 0.6 is 11.6 Å². The van der Waals surface area contributed by atoms with Gasteiger partial charge in [-0.3, -0.25) is 19.2 Å². The lowest BCUT2D eigenvalue weighted by Crippen LogP contribution is -2.46. The Morgan fingerprint density at radius 1 is 0.467 bits per heavy atom. The number of halogens is 1. The second kappa shape index (κ2) is 34.7. The van der Waals surface area contributed by atoms with Crippen LogP contribution in [0.5, 0.6) is 0 Å². The highest BCUT2D eigenvalue weighted by molar-refractivity contribution is 6.64. The normalized spacial score (nSPS) is 22.7. The number of amides is 3. The second-order valence-corrected chi connectivity index (χ2v) is 19.3. The Kier molecular flexibility index (Phi) is 30.6. The van der Waals surface area contributed by atoms with Crippen molar-refractivity contribution in [3.8, 4) is 0 Å². The molecule has 4 rings (SSSR count). The van der Waals surface area contributed by atoms with E-state index in [4.69, 9.17) is 71.4 Å². The van der Waals surface area contributed by atoms with Gasteiger partial charge in [-0.05, 0) is 66.0 Å². The zero-order valence-electron chi connectivity index (χ0n) is 44.1. The summed E-state index contributed by atoms with van der Waals surface area (Å²) in [6, 6.07) is -1.22. The quantitative estimate of drug-likeness (QED) is 0.0293. The lowest BCUT2D eigenvalue weighted by Gasteiger charge is -2.33. The number of hydrogen-bond donors (Lipinski definition) is 6. The Labute approximate surface area is 441 Å². The molecule has 3 amide bonds. The fourth-order valence-electron chi connectivity index (χ4n) is 6.55. The van der Waals surface area contributed by atoms with E-state index >= 15 is 0 Å². The van der Waals surface area contributed by atoms with Crippen molar-refractivity contribution < 1.29 is 105 Å². The van der Waals surface area contributed by atoms with Gasteiger partial charge in [0.05, 0.1) is 79.3 Å². The number of rotatable bonds is 33. The maximum Gasteiger partial charge on any atom is 0.509 e. The van der Waals surface area contributed by atoms with Gasteiger partial charge in [-0.25, -0.2) is 19.2 Å². The van der Waals surface area contributed by atoms with Crippen molar-refractivity contribution in [1.29, 1.82) is 0 Å². The van der Waals surface area contributed by atoms with Crippen molar-refractivity contribution in [2.75, 3.05) is 106 Å². The average molecular weight is 1100 g/mol. The lowest BCUT2D eigenvalue weighted by molar-refractivity contribution is -0.129. The molecule has 4 aliphatic rings. The predicted octanol–water partition coefficient (Wildman–Crippen LogP) is 0.314. The van der Waals surface area contributed by atoms with Gasteiger partial charge in [-0.2, -0.15) is 0 Å². The fourth-order valence-corrected chi connectivity index (χ4v) is 6.65. The van der Waals surface area contributed by atoms with E-state index in [0.717, 1.165) is 6.42 Å². The van der Waals surface area contributed by atoms with Gasteiger partial charge in [-0.15, -0.1) is 0 Å². The van der Waals surface area contributed by atoms with E-state index in [1.807, 2.05) is 27.7 Å². The Bertz CT molecular complexity index is 1640. The van der Waals surface area contributed by atoms with Crippen LogP contribution in [0.15, 0.2) is 0 Å². The first-order valence-electron chi connectivity index (χ1n) is 24.6. The summed E-state index contributed by atoms with van der Waals surface area (Å²) in [4.78, 5) is 90.5. The van der Waals surface area contributed by atoms with Crippen LogP contribution in [0.25, 0.3) is 0 Å². The lowest BCUT2D eigenvalue weighted by atomic mass is 9.88. The fraction of sp³-hybridized carbons (Fsp3) is 0.826. The third-order valence-corrected chi connectivity index (χ3v) is 11.1. The van der Waals surface area contributed by atoms with E-state index < -0.39 is 95.5 Å². The second-order valence-electron chi connectivity index (χ2n) is 18.9. The molecule has 4 aliphatic heterocycles. The van der Waals surface area contributed by atoms with Crippen LogP contribution in [0.1, 0.15) is 68.2 Å². The van der Waals surface area contributed by atoms with Gasteiger partial charge in [0.1, 0.15) is 26.4 Å². The van der Waals surface area contributed by atoms with Crippen LogP contribution in [0.4, 0.5) is 19.2 Å². The van der Waals surface area contributed by atoms with Crippen LogP contribution < -0.4 is 33.2 Å². The maximum absolute atomic E-state index is 12.3. The molecule has 0 aromatic heterocycles. The van der Waals surface area contributed by atoms with E-state index in [0.29, 0.717) is 46.1 Å². The molecule has 0 bridgehead atoms. The molecule has 29 heteroatoms. The SMILES string of the molecule is CCC(COCC(C)N)(COCC(C)N)COCC(C)N.CCC(COCC(C)NC(=O)C1COC(=O)O1)(COCC(C)NC(=O)C1COC(=O)O1)COCC(C)NC(=O)C1COC(=O)O1.O=C1OCC(C(=O)Cl)O1. The van der Waals surface area contributed by atoms with Gasteiger partial charge in [-0.1, -0.05) is 13.8 Å². The number of hydrogen-bond acceptors (Lipinski definition) is 25. The summed E-state index contributed by atoms with van der Waals surface area (Å²) < 4.78 is 71.9. The minimum atomic E-state index is -1.03. The molecule has 28 nitrogen and oxygen atoms in total. The number of carbonyl (C=O) groups is 8. The molecule has 0 aromatic carbocycles. The molecule has 10 atom stereocenters. The Hall–Kier alpha value is -4.91. The van der Waals surface area contributed by atoms with Crippen LogP contribution in [-0.2, 0) is 85.5 Å².